The van der Waals surface area contributed by atoms with Crippen molar-refractivity contribution >= 4 is 11.8 Å². The quantitative estimate of drug-likeness (QED) is 0.466. The molecule has 0 saturated heterocycles. The number of hydrogen-bond donors (Lipinski definition) is 0. The summed E-state index contributed by atoms with van der Waals surface area (Å²) in [6.07, 6.45) is 11.1. The lowest BCUT2D eigenvalue weighted by molar-refractivity contribution is -0.137. The van der Waals surface area contributed by atoms with E-state index in [0.29, 0.717) is 12.5 Å². The number of carbonyl (C=O) groups is 2. The van der Waals surface area contributed by atoms with Crippen LogP contribution in [0, 0.1) is 5.92 Å². The van der Waals surface area contributed by atoms with Gasteiger partial charge in [0, 0.05) is 18.7 Å². The first kappa shape index (κ1) is 14.9. The van der Waals surface area contributed by atoms with Gasteiger partial charge in [0.05, 0.1) is 0 Å². The molecule has 1 aliphatic rings. The second-order valence-corrected chi connectivity index (χ2v) is 5.12. The molecule has 3 nitrogen and oxygen atoms in total. The largest absolute Gasteiger partial charge is 0.275 e. The lowest BCUT2D eigenvalue weighted by Gasteiger charge is -2.22. The van der Waals surface area contributed by atoms with Crippen LogP contribution in [-0.2, 0) is 9.59 Å². The van der Waals surface area contributed by atoms with E-state index in [1.54, 1.807) is 0 Å². The van der Waals surface area contributed by atoms with Crippen LogP contribution in [0.3, 0.4) is 0 Å². The predicted octanol–water partition coefficient (Wildman–Crippen LogP) is 3.30. The van der Waals surface area contributed by atoms with E-state index in [1.807, 2.05) is 0 Å². The third kappa shape index (κ3) is 4.63. The second-order valence-electron chi connectivity index (χ2n) is 5.12. The van der Waals surface area contributed by atoms with E-state index in [2.05, 4.69) is 13.8 Å². The van der Waals surface area contributed by atoms with Gasteiger partial charge < -0.3 is 0 Å². The van der Waals surface area contributed by atoms with Crippen LogP contribution in [0.5, 0.6) is 0 Å². The highest BCUT2D eigenvalue weighted by Gasteiger charge is 2.25. The molecule has 0 aromatic heterocycles. The maximum atomic E-state index is 11.5. The maximum Gasteiger partial charge on any atom is 0.253 e. The molecule has 2 amide bonds. The Hall–Kier alpha value is -1.12. The molecule has 1 heterocycles. The van der Waals surface area contributed by atoms with E-state index < -0.39 is 0 Å². The molecule has 1 aliphatic heterocycles. The van der Waals surface area contributed by atoms with Gasteiger partial charge in [-0.15, -0.1) is 0 Å². The minimum atomic E-state index is -0.144. The van der Waals surface area contributed by atoms with Gasteiger partial charge in [-0.1, -0.05) is 46.0 Å². The summed E-state index contributed by atoms with van der Waals surface area (Å²) in [4.78, 5) is 24.4. The molecule has 1 rings (SSSR count). The monoisotopic (exact) mass is 251 g/mol. The first-order chi connectivity index (χ1) is 8.69. The molecule has 0 spiro atoms. The van der Waals surface area contributed by atoms with Gasteiger partial charge in [0.25, 0.3) is 11.8 Å². The normalized spacial score (nSPS) is 16.7. The molecule has 0 aliphatic carbocycles. The number of imide groups is 1. The van der Waals surface area contributed by atoms with Crippen molar-refractivity contribution in [2.24, 2.45) is 5.92 Å². The van der Waals surface area contributed by atoms with E-state index in [1.165, 1.54) is 42.7 Å². The van der Waals surface area contributed by atoms with Crippen molar-refractivity contribution in [3.8, 4) is 0 Å². The fourth-order valence-corrected chi connectivity index (χ4v) is 2.46. The summed E-state index contributed by atoms with van der Waals surface area (Å²) >= 11 is 0. The van der Waals surface area contributed by atoms with Gasteiger partial charge in [0.1, 0.15) is 0 Å². The summed E-state index contributed by atoms with van der Waals surface area (Å²) in [5.74, 6) is 0.184. The summed E-state index contributed by atoms with van der Waals surface area (Å²) in [6.45, 7) is 4.96. The lowest BCUT2D eigenvalue weighted by Crippen LogP contribution is -2.34. The summed E-state index contributed by atoms with van der Waals surface area (Å²) < 4.78 is 0. The van der Waals surface area contributed by atoms with Crippen molar-refractivity contribution in [2.75, 3.05) is 6.54 Å². The number of unbranched alkanes of at least 4 members (excludes halogenated alkanes) is 3. The number of rotatable bonds is 9. The minimum Gasteiger partial charge on any atom is -0.275 e. The van der Waals surface area contributed by atoms with Crippen molar-refractivity contribution in [1.82, 2.24) is 4.90 Å². The van der Waals surface area contributed by atoms with Crippen LogP contribution in [0.1, 0.15) is 58.8 Å². The van der Waals surface area contributed by atoms with Gasteiger partial charge >= 0.3 is 0 Å². The fraction of sp³-hybridized carbons (Fsp3) is 0.733. The Morgan fingerprint density at radius 2 is 1.61 bits per heavy atom. The van der Waals surface area contributed by atoms with Crippen molar-refractivity contribution in [2.45, 2.75) is 58.8 Å². The third-order valence-corrected chi connectivity index (χ3v) is 3.50. The Morgan fingerprint density at radius 3 is 2.17 bits per heavy atom. The van der Waals surface area contributed by atoms with Crippen LogP contribution in [-0.4, -0.2) is 23.3 Å². The molecule has 0 aromatic rings. The zero-order valence-electron chi connectivity index (χ0n) is 11.7. The van der Waals surface area contributed by atoms with E-state index in [9.17, 15) is 9.59 Å². The Kier molecular flexibility index (Phi) is 6.69. The zero-order valence-corrected chi connectivity index (χ0v) is 11.7. The van der Waals surface area contributed by atoms with Crippen molar-refractivity contribution in [1.29, 1.82) is 0 Å². The highest BCUT2D eigenvalue weighted by atomic mass is 16.2. The van der Waals surface area contributed by atoms with Crippen LogP contribution in [0.15, 0.2) is 12.2 Å². The van der Waals surface area contributed by atoms with Crippen molar-refractivity contribution in [3.05, 3.63) is 12.2 Å². The Balaban J connectivity index is 2.37. The van der Waals surface area contributed by atoms with Crippen molar-refractivity contribution < 1.29 is 9.59 Å². The fourth-order valence-electron chi connectivity index (χ4n) is 2.46. The molecule has 3 heteroatoms. The third-order valence-electron chi connectivity index (χ3n) is 3.50. The summed E-state index contributed by atoms with van der Waals surface area (Å²) in [6, 6.07) is 0. The molecular formula is C15H25NO2. The molecule has 0 bridgehead atoms. The van der Waals surface area contributed by atoms with E-state index in [-0.39, 0.29) is 11.8 Å². The average molecular weight is 251 g/mol. The molecular weight excluding hydrogens is 226 g/mol. The smallest absolute Gasteiger partial charge is 0.253 e. The molecule has 18 heavy (non-hydrogen) atoms. The molecule has 0 aromatic carbocycles. The molecule has 1 unspecified atom stereocenters. The van der Waals surface area contributed by atoms with Gasteiger partial charge in [-0.25, -0.2) is 0 Å². The number of amides is 2. The Morgan fingerprint density at radius 1 is 0.944 bits per heavy atom. The maximum absolute atomic E-state index is 11.5. The van der Waals surface area contributed by atoms with Crippen LogP contribution in [0.25, 0.3) is 0 Å². The molecule has 1 atom stereocenters. The van der Waals surface area contributed by atoms with Gasteiger partial charge in [-0.05, 0) is 18.8 Å². The van der Waals surface area contributed by atoms with Gasteiger partial charge in [0.15, 0.2) is 0 Å². The van der Waals surface area contributed by atoms with Crippen LogP contribution in [0.2, 0.25) is 0 Å². The summed E-state index contributed by atoms with van der Waals surface area (Å²) in [7, 11) is 0. The second kappa shape index (κ2) is 8.06. The van der Waals surface area contributed by atoms with Crippen LogP contribution < -0.4 is 0 Å². The topological polar surface area (TPSA) is 37.4 Å². The van der Waals surface area contributed by atoms with Crippen LogP contribution in [0.4, 0.5) is 0 Å². The molecule has 0 N–H and O–H groups in total. The molecule has 0 saturated carbocycles. The SMILES string of the molecule is CCCCCCC(CCC)CN1C(=O)C=CC1=O. The minimum absolute atomic E-state index is 0.144. The number of hydrogen-bond acceptors (Lipinski definition) is 2. The first-order valence-corrected chi connectivity index (χ1v) is 7.22. The summed E-state index contributed by atoms with van der Waals surface area (Å²) in [5.41, 5.74) is 0. The van der Waals surface area contributed by atoms with E-state index >= 15 is 0 Å². The predicted molar refractivity (Wildman–Crippen MR) is 73.0 cm³/mol. The standard InChI is InChI=1S/C15H25NO2/c1-3-5-6-7-9-13(8-4-2)12-16-14(17)10-11-15(16)18/h10-11,13H,3-9,12H2,1-2H3. The Labute approximate surface area is 110 Å². The first-order valence-electron chi connectivity index (χ1n) is 7.22. The number of carbonyl (C=O) groups excluding carboxylic acids is 2. The van der Waals surface area contributed by atoms with Crippen molar-refractivity contribution in [3.63, 3.8) is 0 Å². The van der Waals surface area contributed by atoms with Gasteiger partial charge in [-0.3, -0.25) is 14.5 Å². The molecule has 0 fully saturated rings. The highest BCUT2D eigenvalue weighted by molar-refractivity contribution is 6.12. The Bertz CT molecular complexity index is 292. The van der Waals surface area contributed by atoms with Gasteiger partial charge in [0.2, 0.25) is 0 Å². The van der Waals surface area contributed by atoms with E-state index in [4.69, 9.17) is 0 Å². The highest BCUT2D eigenvalue weighted by Crippen LogP contribution is 2.19. The summed E-state index contributed by atoms with van der Waals surface area (Å²) in [5, 5.41) is 0. The average Bonchev–Trinajstić information content (AvgIpc) is 2.66. The zero-order chi connectivity index (χ0) is 13.4. The molecule has 102 valence electrons. The lowest BCUT2D eigenvalue weighted by atomic mass is 9.95. The number of nitrogens with zero attached hydrogens (tertiary/aromatic N) is 1. The molecule has 0 radical (unpaired) electrons. The van der Waals surface area contributed by atoms with Crippen LogP contribution >= 0.6 is 0 Å². The van der Waals surface area contributed by atoms with Gasteiger partial charge in [-0.2, -0.15) is 0 Å². The van der Waals surface area contributed by atoms with E-state index in [0.717, 1.165) is 19.3 Å².